The van der Waals surface area contributed by atoms with Gasteiger partial charge in [0.1, 0.15) is 11.6 Å². The maximum atomic E-state index is 13.2. The average molecular weight is 514 g/mol. The Bertz CT molecular complexity index is 1410. The number of hydrazone groups is 1. The third-order valence-electron chi connectivity index (χ3n) is 6.96. The number of para-hydroxylation sites is 1. The molecule has 0 atom stereocenters. The molecule has 196 valence electrons. The molecule has 0 radical (unpaired) electrons. The number of benzene rings is 3. The average Bonchev–Trinajstić information content (AvgIpc) is 3.36. The van der Waals surface area contributed by atoms with Crippen LogP contribution in [0.15, 0.2) is 78.0 Å². The van der Waals surface area contributed by atoms with Crippen LogP contribution in [0.3, 0.4) is 0 Å². The molecule has 0 saturated carbocycles. The van der Waals surface area contributed by atoms with Gasteiger partial charge in [0, 0.05) is 67.5 Å². The van der Waals surface area contributed by atoms with Crippen LogP contribution >= 0.6 is 0 Å². The molecule has 0 bridgehead atoms. The number of halogens is 1. The van der Waals surface area contributed by atoms with E-state index in [0.29, 0.717) is 12.8 Å². The molecule has 1 aromatic heterocycles. The number of hydrogen-bond acceptors (Lipinski definition) is 5. The summed E-state index contributed by atoms with van der Waals surface area (Å²) in [5.74, 6) is 0.484. The fourth-order valence-corrected chi connectivity index (χ4v) is 4.88. The van der Waals surface area contributed by atoms with E-state index in [1.165, 1.54) is 12.1 Å². The van der Waals surface area contributed by atoms with Gasteiger partial charge in [-0.05, 0) is 66.1 Å². The van der Waals surface area contributed by atoms with E-state index in [9.17, 15) is 9.18 Å². The lowest BCUT2D eigenvalue weighted by Gasteiger charge is -2.36. The summed E-state index contributed by atoms with van der Waals surface area (Å²) in [6.07, 6.45) is 4.63. The van der Waals surface area contributed by atoms with Crippen LogP contribution in [0.4, 0.5) is 10.1 Å². The Kier molecular flexibility index (Phi) is 7.99. The predicted octanol–water partition coefficient (Wildman–Crippen LogP) is 4.72. The molecule has 5 rings (SSSR count). The summed E-state index contributed by atoms with van der Waals surface area (Å²) in [4.78, 5) is 20.3. The quantitative estimate of drug-likeness (QED) is 0.251. The molecule has 1 aliphatic heterocycles. The fraction of sp³-hybridized carbons (Fsp3) is 0.267. The summed E-state index contributed by atoms with van der Waals surface area (Å²) in [6.45, 7) is 4.29. The number of rotatable bonds is 9. The van der Waals surface area contributed by atoms with E-state index in [4.69, 9.17) is 4.74 Å². The van der Waals surface area contributed by atoms with Gasteiger partial charge in [0.25, 0.3) is 0 Å². The number of ether oxygens (including phenoxy) is 1. The Hall–Kier alpha value is -4.17. The molecular formula is C30H32FN5O2. The van der Waals surface area contributed by atoms with Gasteiger partial charge in [0.15, 0.2) is 0 Å². The van der Waals surface area contributed by atoms with Crippen LogP contribution < -0.4 is 15.1 Å². The number of anilines is 1. The van der Waals surface area contributed by atoms with Crippen LogP contribution in [0.25, 0.3) is 10.9 Å². The molecule has 8 heteroatoms. The summed E-state index contributed by atoms with van der Waals surface area (Å²) >= 11 is 0. The van der Waals surface area contributed by atoms with Gasteiger partial charge < -0.3 is 14.6 Å². The zero-order chi connectivity index (χ0) is 26.3. The van der Waals surface area contributed by atoms with Crippen molar-refractivity contribution >= 4 is 28.7 Å². The number of methoxy groups -OCH3 is 1. The molecule has 0 unspecified atom stereocenters. The minimum Gasteiger partial charge on any atom is -0.496 e. The molecule has 0 aliphatic carbocycles. The third-order valence-corrected chi connectivity index (χ3v) is 6.96. The van der Waals surface area contributed by atoms with E-state index in [1.54, 1.807) is 13.3 Å². The van der Waals surface area contributed by atoms with Crippen LogP contribution in [0.5, 0.6) is 5.75 Å². The van der Waals surface area contributed by atoms with Crippen molar-refractivity contribution in [3.8, 4) is 5.75 Å². The molecule has 38 heavy (non-hydrogen) atoms. The molecule has 4 aromatic rings. The van der Waals surface area contributed by atoms with Crippen molar-refractivity contribution in [3.05, 3.63) is 95.4 Å². The van der Waals surface area contributed by atoms with Crippen LogP contribution in [-0.2, 0) is 17.8 Å². The van der Waals surface area contributed by atoms with Crippen molar-refractivity contribution in [2.75, 3.05) is 38.2 Å². The normalized spacial score (nSPS) is 14.3. The molecule has 3 aromatic carbocycles. The SMILES string of the molecule is COc1ccc(/C=N/NC(=O)CCc2c[nH]c3ccccc23)cc1CN1CCN(c2ccc(F)cc2)CC1. The number of hydrogen-bond donors (Lipinski definition) is 2. The number of carbonyl (C=O) groups is 1. The van der Waals surface area contributed by atoms with Crippen molar-refractivity contribution in [2.24, 2.45) is 5.10 Å². The number of nitrogens with one attached hydrogen (secondary N) is 2. The second kappa shape index (κ2) is 11.9. The van der Waals surface area contributed by atoms with Crippen LogP contribution in [-0.4, -0.2) is 55.3 Å². The highest BCUT2D eigenvalue weighted by atomic mass is 19.1. The standard InChI is InChI=1S/C30H32FN5O2/c1-38-29-12-6-22(19-33-34-30(37)13-7-23-20-32-28-5-3-2-4-27(23)28)18-24(29)21-35-14-16-36(17-15-35)26-10-8-25(31)9-11-26/h2-6,8-12,18-20,32H,7,13-17,21H2,1H3,(H,34,37)/b33-19+. The topological polar surface area (TPSA) is 73.0 Å². The number of aryl methyl sites for hydroxylation is 1. The first-order valence-corrected chi connectivity index (χ1v) is 12.9. The van der Waals surface area contributed by atoms with Crippen molar-refractivity contribution in [1.82, 2.24) is 15.3 Å². The summed E-state index contributed by atoms with van der Waals surface area (Å²) in [7, 11) is 1.67. The van der Waals surface area contributed by atoms with Crippen molar-refractivity contribution in [3.63, 3.8) is 0 Å². The number of H-pyrrole nitrogens is 1. The van der Waals surface area contributed by atoms with E-state index in [2.05, 4.69) is 31.4 Å². The first kappa shape index (κ1) is 25.5. The van der Waals surface area contributed by atoms with Crippen molar-refractivity contribution in [1.29, 1.82) is 0 Å². The molecule has 7 nitrogen and oxygen atoms in total. The minimum atomic E-state index is -0.215. The Balaban J connectivity index is 1.13. The number of amides is 1. The highest BCUT2D eigenvalue weighted by molar-refractivity contribution is 5.85. The lowest BCUT2D eigenvalue weighted by atomic mass is 10.1. The molecule has 2 heterocycles. The first-order valence-electron chi connectivity index (χ1n) is 12.9. The molecule has 2 N–H and O–H groups in total. The van der Waals surface area contributed by atoms with Gasteiger partial charge in [-0.1, -0.05) is 18.2 Å². The third kappa shape index (κ3) is 6.20. The fourth-order valence-electron chi connectivity index (χ4n) is 4.88. The number of fused-ring (bicyclic) bond motifs is 1. The summed E-state index contributed by atoms with van der Waals surface area (Å²) in [6, 6.07) is 20.7. The van der Waals surface area contributed by atoms with Crippen LogP contribution in [0.2, 0.25) is 0 Å². The Morgan fingerprint density at radius 2 is 1.84 bits per heavy atom. The Morgan fingerprint density at radius 1 is 1.05 bits per heavy atom. The summed E-state index contributed by atoms with van der Waals surface area (Å²) < 4.78 is 18.8. The maximum Gasteiger partial charge on any atom is 0.240 e. The van der Waals surface area contributed by atoms with Gasteiger partial charge >= 0.3 is 0 Å². The highest BCUT2D eigenvalue weighted by Gasteiger charge is 2.19. The van der Waals surface area contributed by atoms with Crippen LogP contribution in [0, 0.1) is 5.82 Å². The summed E-state index contributed by atoms with van der Waals surface area (Å²) in [5.41, 5.74) is 7.85. The van der Waals surface area contributed by atoms with Gasteiger partial charge in [-0.2, -0.15) is 5.10 Å². The maximum absolute atomic E-state index is 13.2. The largest absolute Gasteiger partial charge is 0.496 e. The number of aromatic nitrogens is 1. The van der Waals surface area contributed by atoms with E-state index in [0.717, 1.165) is 71.8 Å². The number of aromatic amines is 1. The lowest BCUT2D eigenvalue weighted by Crippen LogP contribution is -2.46. The van der Waals surface area contributed by atoms with Gasteiger partial charge in [0.05, 0.1) is 13.3 Å². The predicted molar refractivity (Wildman–Crippen MR) is 149 cm³/mol. The monoisotopic (exact) mass is 513 g/mol. The second-order valence-corrected chi connectivity index (χ2v) is 9.46. The minimum absolute atomic E-state index is 0.126. The first-order chi connectivity index (χ1) is 18.6. The van der Waals surface area contributed by atoms with Gasteiger partial charge in [-0.25, -0.2) is 9.82 Å². The van der Waals surface area contributed by atoms with Gasteiger partial charge in [0.2, 0.25) is 5.91 Å². The number of nitrogens with zero attached hydrogens (tertiary/aromatic N) is 3. The molecule has 1 amide bonds. The van der Waals surface area contributed by atoms with Gasteiger partial charge in [-0.15, -0.1) is 0 Å². The van der Waals surface area contributed by atoms with E-state index in [1.807, 2.05) is 54.7 Å². The number of piperazine rings is 1. The van der Waals surface area contributed by atoms with Crippen molar-refractivity contribution in [2.45, 2.75) is 19.4 Å². The van der Waals surface area contributed by atoms with Crippen molar-refractivity contribution < 1.29 is 13.9 Å². The smallest absolute Gasteiger partial charge is 0.240 e. The van der Waals surface area contributed by atoms with E-state index < -0.39 is 0 Å². The zero-order valence-corrected chi connectivity index (χ0v) is 21.5. The molecule has 1 fully saturated rings. The van der Waals surface area contributed by atoms with Gasteiger partial charge in [-0.3, -0.25) is 9.69 Å². The Labute approximate surface area is 221 Å². The number of carbonyl (C=O) groups excluding carboxylic acids is 1. The second-order valence-electron chi connectivity index (χ2n) is 9.46. The molecule has 0 spiro atoms. The van der Waals surface area contributed by atoms with E-state index in [-0.39, 0.29) is 11.7 Å². The highest BCUT2D eigenvalue weighted by Crippen LogP contribution is 2.23. The summed E-state index contributed by atoms with van der Waals surface area (Å²) in [5, 5.41) is 5.32. The lowest BCUT2D eigenvalue weighted by molar-refractivity contribution is -0.121. The molecule has 1 saturated heterocycles. The zero-order valence-electron chi connectivity index (χ0n) is 21.5. The molecule has 1 aliphatic rings. The van der Waals surface area contributed by atoms with Crippen LogP contribution in [0.1, 0.15) is 23.1 Å². The Morgan fingerprint density at radius 3 is 2.63 bits per heavy atom. The molecular weight excluding hydrogens is 481 g/mol. The van der Waals surface area contributed by atoms with E-state index >= 15 is 0 Å².